The van der Waals surface area contributed by atoms with Crippen molar-refractivity contribution in [2.75, 3.05) is 11.5 Å². The van der Waals surface area contributed by atoms with Crippen molar-refractivity contribution in [3.8, 4) is 5.75 Å². The number of carbonyl (C=O) groups excluding carboxylic acids is 4. The molecule has 0 aromatic heterocycles. The zero-order chi connectivity index (χ0) is 25.7. The van der Waals surface area contributed by atoms with Crippen molar-refractivity contribution in [1.82, 2.24) is 0 Å². The van der Waals surface area contributed by atoms with Crippen molar-refractivity contribution < 1.29 is 28.7 Å². The fraction of sp³-hybridized carbons (Fsp3) is 0.267. The average molecular weight is 496 g/mol. The Labute approximate surface area is 214 Å². The first-order valence-corrected chi connectivity index (χ1v) is 12.5. The van der Waals surface area contributed by atoms with Crippen LogP contribution in [0.25, 0.3) is 0 Å². The number of fused-ring (bicyclic) bond motifs is 3. The molecule has 0 N–H and O–H groups in total. The zero-order valence-electron chi connectivity index (χ0n) is 20.3. The number of rotatable bonds is 6. The number of unbranched alkanes of at least 4 members (excludes halogenated alkanes) is 1. The van der Waals surface area contributed by atoms with E-state index in [4.69, 9.17) is 9.47 Å². The van der Waals surface area contributed by atoms with Gasteiger partial charge in [0.05, 0.1) is 30.2 Å². The van der Waals surface area contributed by atoms with Crippen molar-refractivity contribution >= 4 is 29.1 Å². The standard InChI is InChI=1S/C30H25NO6/c1-2-3-17-36-20-15-13-19(14-16-20)31-28(34)23-24(29(31)35)30(37-25(23)18-9-5-4-6-10-18)26(32)21-11-7-8-12-22(21)27(30)33/h4-16,23-25H,2-3,17H2,1H3/t23-,24-,25+/m0/s1. The summed E-state index contributed by atoms with van der Waals surface area (Å²) < 4.78 is 12.0. The minimum atomic E-state index is -2.07. The predicted molar refractivity (Wildman–Crippen MR) is 134 cm³/mol. The van der Waals surface area contributed by atoms with Crippen LogP contribution in [0, 0.1) is 11.8 Å². The van der Waals surface area contributed by atoms with Gasteiger partial charge >= 0.3 is 0 Å². The number of hydrogen-bond donors (Lipinski definition) is 0. The van der Waals surface area contributed by atoms with Crippen molar-refractivity contribution in [3.05, 3.63) is 95.6 Å². The highest BCUT2D eigenvalue weighted by Crippen LogP contribution is 2.57. The summed E-state index contributed by atoms with van der Waals surface area (Å²) >= 11 is 0. The van der Waals surface area contributed by atoms with E-state index in [1.165, 1.54) is 0 Å². The molecule has 7 heteroatoms. The number of ether oxygens (including phenoxy) is 2. The van der Waals surface area contributed by atoms with Gasteiger partial charge in [0.2, 0.25) is 29.0 Å². The fourth-order valence-electron chi connectivity index (χ4n) is 5.74. The lowest BCUT2D eigenvalue weighted by Crippen LogP contribution is -2.51. The minimum absolute atomic E-state index is 0.215. The molecule has 0 saturated carbocycles. The van der Waals surface area contributed by atoms with Crippen LogP contribution in [0.5, 0.6) is 5.75 Å². The first-order valence-electron chi connectivity index (χ1n) is 12.5. The van der Waals surface area contributed by atoms with E-state index in [1.807, 2.05) is 6.07 Å². The Balaban J connectivity index is 1.43. The second-order valence-corrected chi connectivity index (χ2v) is 9.60. The summed E-state index contributed by atoms with van der Waals surface area (Å²) in [4.78, 5) is 56.5. The van der Waals surface area contributed by atoms with Crippen LogP contribution in [0.4, 0.5) is 5.69 Å². The lowest BCUT2D eigenvalue weighted by atomic mass is 9.77. The molecule has 1 aliphatic carbocycles. The van der Waals surface area contributed by atoms with Gasteiger partial charge < -0.3 is 9.47 Å². The van der Waals surface area contributed by atoms with Gasteiger partial charge in [-0.2, -0.15) is 0 Å². The van der Waals surface area contributed by atoms with Crippen LogP contribution in [0.15, 0.2) is 78.9 Å². The number of carbonyl (C=O) groups is 4. The molecule has 7 nitrogen and oxygen atoms in total. The van der Waals surface area contributed by atoms with Crippen molar-refractivity contribution in [3.63, 3.8) is 0 Å². The molecule has 3 aromatic rings. The molecule has 2 fully saturated rings. The van der Waals surface area contributed by atoms with Crippen LogP contribution in [0.3, 0.4) is 0 Å². The van der Waals surface area contributed by atoms with Crippen molar-refractivity contribution in [1.29, 1.82) is 0 Å². The molecule has 0 bridgehead atoms. The van der Waals surface area contributed by atoms with E-state index in [0.29, 0.717) is 23.6 Å². The summed E-state index contributed by atoms with van der Waals surface area (Å²) in [5.74, 6) is -3.88. The molecule has 2 heterocycles. The highest BCUT2D eigenvalue weighted by atomic mass is 16.5. The van der Waals surface area contributed by atoms with E-state index in [9.17, 15) is 19.2 Å². The van der Waals surface area contributed by atoms with Gasteiger partial charge in [-0.3, -0.25) is 19.2 Å². The van der Waals surface area contributed by atoms with Crippen LogP contribution >= 0.6 is 0 Å². The maximum atomic E-state index is 14.0. The Morgan fingerprint density at radius 3 is 2.05 bits per heavy atom. The van der Waals surface area contributed by atoms with Crippen LogP contribution < -0.4 is 9.64 Å². The number of anilines is 1. The Kier molecular flexibility index (Phi) is 5.53. The fourth-order valence-corrected chi connectivity index (χ4v) is 5.74. The monoisotopic (exact) mass is 495 g/mol. The predicted octanol–water partition coefficient (Wildman–Crippen LogP) is 4.56. The SMILES string of the molecule is CCCCOc1ccc(N2C(=O)[C@@H]3[C@@H](c4ccccc4)OC4(C(=O)c5ccccc5C4=O)[C@@H]3C2=O)cc1. The lowest BCUT2D eigenvalue weighted by molar-refractivity contribution is -0.127. The first kappa shape index (κ1) is 23.3. The highest BCUT2D eigenvalue weighted by molar-refractivity contribution is 6.37. The molecule has 1 spiro atoms. The van der Waals surface area contributed by atoms with Crippen molar-refractivity contribution in [2.24, 2.45) is 11.8 Å². The summed E-state index contributed by atoms with van der Waals surface area (Å²) in [5, 5.41) is 0. The number of ketones is 2. The van der Waals surface area contributed by atoms with Gasteiger partial charge in [-0.25, -0.2) is 4.90 Å². The average Bonchev–Trinajstić information content (AvgIpc) is 3.50. The summed E-state index contributed by atoms with van der Waals surface area (Å²) in [6.07, 6.45) is 0.999. The largest absolute Gasteiger partial charge is 0.494 e. The van der Waals surface area contributed by atoms with E-state index in [0.717, 1.165) is 17.7 Å². The molecule has 3 aromatic carbocycles. The molecule has 186 valence electrons. The number of hydrogen-bond acceptors (Lipinski definition) is 6. The van der Waals surface area contributed by atoms with Gasteiger partial charge in [-0.15, -0.1) is 0 Å². The zero-order valence-corrected chi connectivity index (χ0v) is 20.3. The topological polar surface area (TPSA) is 90.0 Å². The van der Waals surface area contributed by atoms with Crippen LogP contribution in [0.2, 0.25) is 0 Å². The minimum Gasteiger partial charge on any atom is -0.494 e. The van der Waals surface area contributed by atoms with E-state index in [-0.39, 0.29) is 11.1 Å². The third-order valence-corrected chi connectivity index (χ3v) is 7.51. The second kappa shape index (κ2) is 8.78. The highest BCUT2D eigenvalue weighted by Gasteiger charge is 2.74. The van der Waals surface area contributed by atoms with Crippen LogP contribution in [-0.2, 0) is 14.3 Å². The molecule has 3 atom stereocenters. The van der Waals surface area contributed by atoms with Gasteiger partial charge in [-0.05, 0) is 36.2 Å². The molecule has 3 aliphatic rings. The third-order valence-electron chi connectivity index (χ3n) is 7.51. The van der Waals surface area contributed by atoms with Gasteiger partial charge in [0.25, 0.3) is 0 Å². The molecule has 2 aliphatic heterocycles. The molecule has 0 unspecified atom stereocenters. The third kappa shape index (κ3) is 3.30. The van der Waals surface area contributed by atoms with E-state index in [1.54, 1.807) is 72.8 Å². The Morgan fingerprint density at radius 1 is 0.811 bits per heavy atom. The number of Topliss-reactive ketones (excluding diaryl/α,β-unsaturated/α-hetero) is 2. The Hall–Kier alpha value is -4.10. The molecule has 2 saturated heterocycles. The molecular formula is C30H25NO6. The Bertz CT molecular complexity index is 1380. The lowest BCUT2D eigenvalue weighted by Gasteiger charge is -2.27. The second-order valence-electron chi connectivity index (χ2n) is 9.60. The number of amides is 2. The molecule has 0 radical (unpaired) electrons. The van der Waals surface area contributed by atoms with E-state index >= 15 is 0 Å². The van der Waals surface area contributed by atoms with Crippen LogP contribution in [-0.4, -0.2) is 35.6 Å². The molecule has 37 heavy (non-hydrogen) atoms. The maximum Gasteiger partial charge on any atom is 0.241 e. The van der Waals surface area contributed by atoms with Gasteiger partial charge in [0.1, 0.15) is 5.75 Å². The Morgan fingerprint density at radius 2 is 1.43 bits per heavy atom. The smallest absolute Gasteiger partial charge is 0.241 e. The van der Waals surface area contributed by atoms with E-state index in [2.05, 4.69) is 6.92 Å². The molecular weight excluding hydrogens is 470 g/mol. The van der Waals surface area contributed by atoms with Gasteiger partial charge in [0, 0.05) is 11.1 Å². The summed E-state index contributed by atoms with van der Waals surface area (Å²) in [7, 11) is 0. The summed E-state index contributed by atoms with van der Waals surface area (Å²) in [6.45, 7) is 2.65. The normalized spacial score (nSPS) is 23.6. The summed E-state index contributed by atoms with van der Waals surface area (Å²) in [5.41, 5.74) is -0.641. The molecule has 2 amide bonds. The van der Waals surface area contributed by atoms with Gasteiger partial charge in [-0.1, -0.05) is 67.9 Å². The summed E-state index contributed by atoms with van der Waals surface area (Å²) in [6, 6.07) is 22.2. The first-order chi connectivity index (χ1) is 18.0. The molecule has 6 rings (SSSR count). The number of imide groups is 1. The van der Waals surface area contributed by atoms with Crippen LogP contribution in [0.1, 0.15) is 52.1 Å². The van der Waals surface area contributed by atoms with E-state index < -0.39 is 46.9 Å². The van der Waals surface area contributed by atoms with Gasteiger partial charge in [0.15, 0.2) is 0 Å². The maximum absolute atomic E-state index is 14.0. The quantitative estimate of drug-likeness (QED) is 0.283. The van der Waals surface area contributed by atoms with Crippen molar-refractivity contribution in [2.45, 2.75) is 31.5 Å². The number of nitrogens with zero attached hydrogens (tertiary/aromatic N) is 1. The number of benzene rings is 3.